The molecule has 2 aromatic carbocycles. The van der Waals surface area contributed by atoms with Crippen LogP contribution in [0.15, 0.2) is 53.6 Å². The molecule has 2 heterocycles. The Morgan fingerprint density at radius 1 is 1.10 bits per heavy atom. The van der Waals surface area contributed by atoms with Crippen LogP contribution in [0.25, 0.3) is 22.4 Å². The van der Waals surface area contributed by atoms with Crippen LogP contribution in [-0.2, 0) is 10.0 Å². The molecule has 1 fully saturated rings. The first kappa shape index (κ1) is 19.0. The van der Waals surface area contributed by atoms with Crippen LogP contribution < -0.4 is 4.72 Å². The Morgan fingerprint density at radius 2 is 1.87 bits per heavy atom. The van der Waals surface area contributed by atoms with Crippen molar-refractivity contribution in [1.29, 1.82) is 0 Å². The van der Waals surface area contributed by atoms with Gasteiger partial charge in [0.2, 0.25) is 0 Å². The van der Waals surface area contributed by atoms with Gasteiger partial charge in [0.15, 0.2) is 11.5 Å². The zero-order valence-electron chi connectivity index (χ0n) is 16.1. The molecular weight excluding hydrogens is 422 g/mol. The Bertz CT molecular complexity index is 1360. The number of aromatic amines is 1. The molecule has 2 aromatic heterocycles. The lowest BCUT2D eigenvalue weighted by Crippen LogP contribution is -2.13. The van der Waals surface area contributed by atoms with E-state index in [9.17, 15) is 8.42 Å². The first-order chi connectivity index (χ1) is 14.4. The Labute approximate surface area is 178 Å². The fourth-order valence-electron chi connectivity index (χ4n) is 3.37. The van der Waals surface area contributed by atoms with Gasteiger partial charge in [-0.25, -0.2) is 18.4 Å². The average molecular weight is 440 g/mol. The van der Waals surface area contributed by atoms with Crippen molar-refractivity contribution in [2.45, 2.75) is 30.6 Å². The number of aryl methyl sites for hydroxylation is 1. The van der Waals surface area contributed by atoms with E-state index in [0.29, 0.717) is 23.1 Å². The number of aromatic nitrogens is 4. The number of benzene rings is 2. The van der Waals surface area contributed by atoms with E-state index in [1.54, 1.807) is 48.7 Å². The van der Waals surface area contributed by atoms with Crippen molar-refractivity contribution in [2.75, 3.05) is 4.72 Å². The van der Waals surface area contributed by atoms with Gasteiger partial charge in [0.1, 0.15) is 4.90 Å². The second-order valence-electron chi connectivity index (χ2n) is 7.46. The highest BCUT2D eigenvalue weighted by atomic mass is 35.5. The van der Waals surface area contributed by atoms with Crippen LogP contribution in [0.4, 0.5) is 5.69 Å². The molecule has 2 N–H and O–H groups in total. The number of rotatable bonds is 5. The molecule has 0 spiro atoms. The normalized spacial score (nSPS) is 14.2. The fraction of sp³-hybridized carbons (Fsp3) is 0.190. The molecule has 1 aliphatic carbocycles. The summed E-state index contributed by atoms with van der Waals surface area (Å²) in [6, 6.07) is 11.9. The van der Waals surface area contributed by atoms with Crippen LogP contribution in [0.1, 0.15) is 30.0 Å². The van der Waals surface area contributed by atoms with Crippen LogP contribution in [0, 0.1) is 6.92 Å². The molecule has 0 saturated heterocycles. The maximum atomic E-state index is 12.7. The van der Waals surface area contributed by atoms with Crippen LogP contribution in [-0.4, -0.2) is 28.6 Å². The number of hydrogen-bond donors (Lipinski definition) is 2. The molecule has 0 bridgehead atoms. The van der Waals surface area contributed by atoms with Gasteiger partial charge in [-0.1, -0.05) is 17.7 Å². The number of hydrogen-bond acceptors (Lipinski definition) is 5. The van der Waals surface area contributed by atoms with E-state index in [4.69, 9.17) is 16.6 Å². The molecule has 0 unspecified atom stereocenters. The van der Waals surface area contributed by atoms with Crippen LogP contribution in [0.3, 0.4) is 0 Å². The van der Waals surface area contributed by atoms with Crippen molar-refractivity contribution in [3.63, 3.8) is 0 Å². The third-order valence-corrected chi connectivity index (χ3v) is 6.94. The van der Waals surface area contributed by atoms with Crippen LogP contribution in [0.2, 0.25) is 5.02 Å². The summed E-state index contributed by atoms with van der Waals surface area (Å²) >= 11 is 6.09. The maximum absolute atomic E-state index is 12.7. The molecule has 1 aliphatic rings. The minimum atomic E-state index is -3.80. The molecule has 0 amide bonds. The zero-order valence-corrected chi connectivity index (χ0v) is 17.6. The van der Waals surface area contributed by atoms with Gasteiger partial charge >= 0.3 is 0 Å². The van der Waals surface area contributed by atoms with E-state index >= 15 is 0 Å². The van der Waals surface area contributed by atoms with Gasteiger partial charge in [-0.15, -0.1) is 0 Å². The van der Waals surface area contributed by atoms with Gasteiger partial charge < -0.3 is 0 Å². The molecule has 4 aromatic rings. The molecule has 30 heavy (non-hydrogen) atoms. The molecular formula is C21H18ClN5O2S. The lowest BCUT2D eigenvalue weighted by atomic mass is 10.1. The molecule has 7 nitrogen and oxygen atoms in total. The topological polar surface area (TPSA) is 101 Å². The molecule has 9 heteroatoms. The predicted molar refractivity (Wildman–Crippen MR) is 116 cm³/mol. The second kappa shape index (κ2) is 7.07. The summed E-state index contributed by atoms with van der Waals surface area (Å²) in [4.78, 5) is 9.37. The van der Waals surface area contributed by atoms with Gasteiger partial charge in [-0.3, -0.25) is 9.82 Å². The largest absolute Gasteiger partial charge is 0.280 e. The molecule has 0 radical (unpaired) electrons. The molecule has 152 valence electrons. The van der Waals surface area contributed by atoms with E-state index in [1.165, 1.54) is 0 Å². The average Bonchev–Trinajstić information content (AvgIpc) is 3.46. The first-order valence-corrected chi connectivity index (χ1v) is 11.4. The predicted octanol–water partition coefficient (Wildman–Crippen LogP) is 4.66. The molecule has 1 saturated carbocycles. The van der Waals surface area contributed by atoms with Crippen molar-refractivity contribution in [3.8, 4) is 11.4 Å². The lowest BCUT2D eigenvalue weighted by molar-refractivity contribution is 0.601. The highest BCUT2D eigenvalue weighted by Gasteiger charge is 2.28. The van der Waals surface area contributed by atoms with E-state index in [-0.39, 0.29) is 9.92 Å². The van der Waals surface area contributed by atoms with Crippen LogP contribution in [0.5, 0.6) is 0 Å². The highest BCUT2D eigenvalue weighted by Crippen LogP contribution is 2.42. The van der Waals surface area contributed by atoms with E-state index in [2.05, 4.69) is 19.9 Å². The maximum Gasteiger partial charge on any atom is 0.263 e. The zero-order chi connectivity index (χ0) is 20.9. The van der Waals surface area contributed by atoms with Gasteiger partial charge in [0, 0.05) is 17.2 Å². The smallest absolute Gasteiger partial charge is 0.263 e. The van der Waals surface area contributed by atoms with Crippen molar-refractivity contribution in [3.05, 3.63) is 64.9 Å². The van der Waals surface area contributed by atoms with Crippen molar-refractivity contribution < 1.29 is 8.42 Å². The van der Waals surface area contributed by atoms with Gasteiger partial charge in [0.05, 0.1) is 22.3 Å². The van der Waals surface area contributed by atoms with Crippen molar-refractivity contribution >= 4 is 38.3 Å². The number of nitrogens with one attached hydrogen (secondary N) is 2. The Hall–Kier alpha value is -2.97. The lowest BCUT2D eigenvalue weighted by Gasteiger charge is -2.11. The molecule has 0 atom stereocenters. The standard InChI is InChI=1S/C21H18ClN5O2S/c1-12-2-9-17(22)18(10-12)30(28,29)27-15-7-5-14(6-8-15)20-24-19(13-3-4-13)16-11-23-26-21(16)25-20/h2,5-11,13,27H,3-4H2,1H3,(H,23,24,25,26). The Morgan fingerprint density at radius 3 is 2.60 bits per heavy atom. The Kier molecular flexibility index (Phi) is 4.48. The summed E-state index contributed by atoms with van der Waals surface area (Å²) in [5, 5.41) is 8.14. The third-order valence-electron chi connectivity index (χ3n) is 5.07. The quantitative estimate of drug-likeness (QED) is 0.471. The van der Waals surface area contributed by atoms with Gasteiger partial charge in [-0.2, -0.15) is 5.10 Å². The fourth-order valence-corrected chi connectivity index (χ4v) is 5.01. The summed E-state index contributed by atoms with van der Waals surface area (Å²) in [6.07, 6.45) is 4.01. The summed E-state index contributed by atoms with van der Waals surface area (Å²) in [5.41, 5.74) is 3.77. The summed E-state index contributed by atoms with van der Waals surface area (Å²) < 4.78 is 28.1. The number of anilines is 1. The molecule has 0 aliphatic heterocycles. The van der Waals surface area contributed by atoms with Gasteiger partial charge in [-0.05, 0) is 61.7 Å². The number of halogens is 1. The number of sulfonamides is 1. The summed E-state index contributed by atoms with van der Waals surface area (Å²) in [7, 11) is -3.80. The minimum Gasteiger partial charge on any atom is -0.280 e. The Balaban J connectivity index is 1.45. The third kappa shape index (κ3) is 3.53. The summed E-state index contributed by atoms with van der Waals surface area (Å²) in [5.74, 6) is 1.04. The van der Waals surface area contributed by atoms with Crippen molar-refractivity contribution in [2.24, 2.45) is 0 Å². The minimum absolute atomic E-state index is 0.0512. The van der Waals surface area contributed by atoms with E-state index in [1.807, 2.05) is 6.92 Å². The number of H-pyrrole nitrogens is 1. The summed E-state index contributed by atoms with van der Waals surface area (Å²) in [6.45, 7) is 1.82. The SMILES string of the molecule is Cc1ccc(Cl)c(S(=O)(=O)Nc2ccc(-c3nc(C4CC4)c4cn[nH]c4n3)cc2)c1. The number of nitrogens with zero attached hydrogens (tertiary/aromatic N) is 3. The highest BCUT2D eigenvalue weighted by molar-refractivity contribution is 7.92. The second-order valence-corrected chi connectivity index (χ2v) is 9.51. The molecule has 5 rings (SSSR count). The van der Waals surface area contributed by atoms with E-state index < -0.39 is 10.0 Å². The van der Waals surface area contributed by atoms with Crippen LogP contribution >= 0.6 is 11.6 Å². The van der Waals surface area contributed by atoms with Crippen molar-refractivity contribution in [1.82, 2.24) is 20.2 Å². The van der Waals surface area contributed by atoms with E-state index in [0.717, 1.165) is 35.0 Å². The monoisotopic (exact) mass is 439 g/mol. The van der Waals surface area contributed by atoms with Gasteiger partial charge in [0.25, 0.3) is 10.0 Å². The number of fused-ring (bicyclic) bond motifs is 1. The first-order valence-electron chi connectivity index (χ1n) is 9.51.